The maximum atomic E-state index is 12.8. The lowest BCUT2D eigenvalue weighted by atomic mass is 10.1. The number of aromatic nitrogens is 2. The molecular weight excluding hydrogens is 384 g/mol. The van der Waals surface area contributed by atoms with Crippen LogP contribution in [0.15, 0.2) is 66.0 Å². The first-order chi connectivity index (χ1) is 14.2. The molecule has 6 nitrogen and oxygen atoms in total. The van der Waals surface area contributed by atoms with E-state index < -0.39 is 0 Å². The number of rotatable bonds is 4. The van der Waals surface area contributed by atoms with Gasteiger partial charge in [-0.3, -0.25) is 9.59 Å². The lowest BCUT2D eigenvalue weighted by Gasteiger charge is -2.16. The van der Waals surface area contributed by atoms with Crippen molar-refractivity contribution < 1.29 is 9.59 Å². The van der Waals surface area contributed by atoms with Crippen LogP contribution in [0, 0.1) is 5.92 Å². The lowest BCUT2D eigenvalue weighted by molar-refractivity contribution is -0.122. The molecule has 146 valence electrons. The van der Waals surface area contributed by atoms with Crippen LogP contribution in [0.3, 0.4) is 0 Å². The fourth-order valence-corrected chi connectivity index (χ4v) is 4.73. The van der Waals surface area contributed by atoms with Gasteiger partial charge in [0.25, 0.3) is 0 Å². The predicted octanol–water partition coefficient (Wildman–Crippen LogP) is 3.65. The summed E-state index contributed by atoms with van der Waals surface area (Å²) >= 11 is 1.76. The molecule has 29 heavy (non-hydrogen) atoms. The van der Waals surface area contributed by atoms with Crippen molar-refractivity contribution in [3.8, 4) is 11.3 Å². The third-order valence-corrected chi connectivity index (χ3v) is 6.26. The number of nitrogens with one attached hydrogen (secondary N) is 1. The van der Waals surface area contributed by atoms with Gasteiger partial charge in [0, 0.05) is 48.4 Å². The predicted molar refractivity (Wildman–Crippen MR) is 114 cm³/mol. The minimum absolute atomic E-state index is 0.0184. The van der Waals surface area contributed by atoms with Crippen molar-refractivity contribution in [1.29, 1.82) is 0 Å². The van der Waals surface area contributed by atoms with Gasteiger partial charge in [-0.15, -0.1) is 0 Å². The summed E-state index contributed by atoms with van der Waals surface area (Å²) < 4.78 is 2.16. The zero-order valence-electron chi connectivity index (χ0n) is 15.7. The van der Waals surface area contributed by atoms with E-state index >= 15 is 0 Å². The number of anilines is 2. The van der Waals surface area contributed by atoms with Gasteiger partial charge in [-0.1, -0.05) is 42.1 Å². The van der Waals surface area contributed by atoms with Crippen molar-refractivity contribution in [3.05, 3.63) is 60.8 Å². The van der Waals surface area contributed by atoms with Crippen LogP contribution in [-0.2, 0) is 16.1 Å². The van der Waals surface area contributed by atoms with Gasteiger partial charge in [0.1, 0.15) is 0 Å². The van der Waals surface area contributed by atoms with Gasteiger partial charge in [0.05, 0.1) is 11.6 Å². The molecule has 3 heterocycles. The number of fused-ring (bicyclic) bond motifs is 1. The summed E-state index contributed by atoms with van der Waals surface area (Å²) in [4.78, 5) is 31.5. The molecule has 2 aromatic carbocycles. The molecule has 2 aliphatic rings. The van der Waals surface area contributed by atoms with E-state index in [4.69, 9.17) is 0 Å². The Morgan fingerprint density at radius 2 is 2.00 bits per heavy atom. The molecule has 2 amide bonds. The second kappa shape index (κ2) is 7.40. The van der Waals surface area contributed by atoms with Crippen LogP contribution in [0.25, 0.3) is 11.3 Å². The maximum Gasteiger partial charge on any atom is 0.229 e. The highest BCUT2D eigenvalue weighted by atomic mass is 32.2. The fraction of sp³-hybridized carbons (Fsp3) is 0.227. The van der Waals surface area contributed by atoms with E-state index in [0.29, 0.717) is 6.54 Å². The van der Waals surface area contributed by atoms with Gasteiger partial charge in [-0.05, 0) is 24.3 Å². The van der Waals surface area contributed by atoms with E-state index in [-0.39, 0.29) is 24.2 Å². The summed E-state index contributed by atoms with van der Waals surface area (Å²) in [5, 5.41) is 4.02. The molecule has 5 rings (SSSR count). The summed E-state index contributed by atoms with van der Waals surface area (Å²) in [5.41, 5.74) is 3.44. The van der Waals surface area contributed by atoms with Crippen LogP contribution in [-0.4, -0.2) is 33.7 Å². The van der Waals surface area contributed by atoms with Crippen LogP contribution >= 0.6 is 11.8 Å². The van der Waals surface area contributed by atoms with Gasteiger partial charge in [0.15, 0.2) is 5.16 Å². The number of aryl methyl sites for hydroxylation is 1. The van der Waals surface area contributed by atoms with Crippen molar-refractivity contribution in [3.63, 3.8) is 0 Å². The first-order valence-corrected chi connectivity index (χ1v) is 10.6. The van der Waals surface area contributed by atoms with Gasteiger partial charge in [-0.2, -0.15) is 0 Å². The molecule has 3 aromatic rings. The number of carbonyl (C=O) groups is 2. The van der Waals surface area contributed by atoms with Gasteiger partial charge in [0.2, 0.25) is 11.8 Å². The van der Waals surface area contributed by atoms with Crippen molar-refractivity contribution in [2.24, 2.45) is 5.92 Å². The minimum Gasteiger partial charge on any atom is -0.326 e. The molecule has 1 atom stereocenters. The smallest absolute Gasteiger partial charge is 0.229 e. The molecule has 0 saturated carbocycles. The second-order valence-electron chi connectivity index (χ2n) is 7.26. The standard InChI is InChI=1S/C22H20N4O2S/c27-20-12-16(13-26(20)18-7-2-1-3-8-18)21(28)23-17-6-4-5-15(11-17)19-14-25-9-10-29-22(25)24-19/h1-8,11,14,16H,9-10,12-13H2,(H,23,28). The number of carbonyl (C=O) groups excluding carboxylic acids is 2. The Kier molecular flexibility index (Phi) is 4.60. The van der Waals surface area contributed by atoms with Crippen LogP contribution in [0.4, 0.5) is 11.4 Å². The Labute approximate surface area is 172 Å². The SMILES string of the molecule is O=C(Nc1cccc(-c2cn3c(n2)SCC3)c1)C1CC(=O)N(c2ccccc2)C1. The van der Waals surface area contributed by atoms with Gasteiger partial charge in [-0.25, -0.2) is 4.98 Å². The molecule has 7 heteroatoms. The molecule has 1 aromatic heterocycles. The number of para-hydroxylation sites is 1. The van der Waals surface area contributed by atoms with Crippen molar-refractivity contribution in [2.45, 2.75) is 18.1 Å². The number of imidazole rings is 1. The average molecular weight is 404 g/mol. The van der Waals surface area contributed by atoms with E-state index in [1.165, 1.54) is 0 Å². The monoisotopic (exact) mass is 404 g/mol. The molecule has 0 bridgehead atoms. The second-order valence-corrected chi connectivity index (χ2v) is 8.32. The Morgan fingerprint density at radius 1 is 1.14 bits per heavy atom. The number of amides is 2. The van der Waals surface area contributed by atoms with Crippen LogP contribution in [0.1, 0.15) is 6.42 Å². The average Bonchev–Trinajstić information content (AvgIpc) is 3.43. The normalized spacial score (nSPS) is 18.1. The highest BCUT2D eigenvalue weighted by molar-refractivity contribution is 7.99. The zero-order chi connectivity index (χ0) is 19.8. The summed E-state index contributed by atoms with van der Waals surface area (Å²) in [6.45, 7) is 1.39. The Balaban J connectivity index is 1.29. The number of nitrogens with zero attached hydrogens (tertiary/aromatic N) is 3. The molecule has 2 aliphatic heterocycles. The molecule has 0 aliphatic carbocycles. The minimum atomic E-state index is -0.362. The first-order valence-electron chi connectivity index (χ1n) is 9.64. The molecule has 1 saturated heterocycles. The number of thioether (sulfide) groups is 1. The summed E-state index contributed by atoms with van der Waals surface area (Å²) in [6, 6.07) is 17.2. The highest BCUT2D eigenvalue weighted by Crippen LogP contribution is 2.30. The third-order valence-electron chi connectivity index (χ3n) is 5.29. The maximum absolute atomic E-state index is 12.8. The van der Waals surface area contributed by atoms with Gasteiger partial charge >= 0.3 is 0 Å². The number of benzene rings is 2. The van der Waals surface area contributed by atoms with Crippen molar-refractivity contribution >= 4 is 35.0 Å². The van der Waals surface area contributed by atoms with Gasteiger partial charge < -0.3 is 14.8 Å². The quantitative estimate of drug-likeness (QED) is 0.721. The van der Waals surface area contributed by atoms with E-state index in [1.807, 2.05) is 54.6 Å². The molecule has 1 N–H and O–H groups in total. The summed E-state index contributed by atoms with van der Waals surface area (Å²) in [5.74, 6) is 0.560. The Morgan fingerprint density at radius 3 is 2.83 bits per heavy atom. The summed E-state index contributed by atoms with van der Waals surface area (Å²) in [7, 11) is 0. The molecule has 1 unspecified atom stereocenters. The third kappa shape index (κ3) is 3.53. The lowest BCUT2D eigenvalue weighted by Crippen LogP contribution is -2.28. The van der Waals surface area contributed by atoms with E-state index in [2.05, 4.69) is 21.1 Å². The molecular formula is C22H20N4O2S. The summed E-state index contributed by atoms with van der Waals surface area (Å²) in [6.07, 6.45) is 2.29. The van der Waals surface area contributed by atoms with Crippen LogP contribution < -0.4 is 10.2 Å². The highest BCUT2D eigenvalue weighted by Gasteiger charge is 2.35. The number of hydrogen-bond donors (Lipinski definition) is 1. The first kappa shape index (κ1) is 18.0. The molecule has 1 fully saturated rings. The van der Waals surface area contributed by atoms with Crippen LogP contribution in [0.5, 0.6) is 0 Å². The topological polar surface area (TPSA) is 67.2 Å². The van der Waals surface area contributed by atoms with Crippen molar-refractivity contribution in [1.82, 2.24) is 9.55 Å². The van der Waals surface area contributed by atoms with Crippen LogP contribution in [0.2, 0.25) is 0 Å². The van der Waals surface area contributed by atoms with E-state index in [9.17, 15) is 9.59 Å². The molecule has 0 radical (unpaired) electrons. The van der Waals surface area contributed by atoms with E-state index in [0.717, 1.165) is 40.1 Å². The largest absolute Gasteiger partial charge is 0.326 e. The Bertz CT molecular complexity index is 1060. The van der Waals surface area contributed by atoms with Crippen molar-refractivity contribution in [2.75, 3.05) is 22.5 Å². The Hall–Kier alpha value is -3.06. The molecule has 0 spiro atoms. The fourth-order valence-electron chi connectivity index (χ4n) is 3.79. The van der Waals surface area contributed by atoms with E-state index in [1.54, 1.807) is 16.7 Å². The zero-order valence-corrected chi connectivity index (χ0v) is 16.6. The number of hydrogen-bond acceptors (Lipinski definition) is 4.